The number of imidazole rings is 1. The van der Waals surface area contributed by atoms with E-state index in [1.165, 1.54) is 12.0 Å². The van der Waals surface area contributed by atoms with Gasteiger partial charge in [0.25, 0.3) is 0 Å². The molecule has 2 atom stereocenters. The smallest absolute Gasteiger partial charge is 0.193 e. The third-order valence-electron chi connectivity index (χ3n) is 4.37. The number of guanidine groups is 1. The van der Waals surface area contributed by atoms with Crippen LogP contribution in [0.4, 0.5) is 0 Å². The zero-order chi connectivity index (χ0) is 15.4. The van der Waals surface area contributed by atoms with Gasteiger partial charge in [-0.3, -0.25) is 4.99 Å². The van der Waals surface area contributed by atoms with Gasteiger partial charge in [0, 0.05) is 39.1 Å². The summed E-state index contributed by atoms with van der Waals surface area (Å²) in [7, 11) is 1.86. The third-order valence-corrected chi connectivity index (χ3v) is 5.10. The first kappa shape index (κ1) is 18.3. The fourth-order valence-corrected chi connectivity index (χ4v) is 3.67. The molecule has 0 aromatic carbocycles. The number of aliphatic imine (C=N–C) groups is 1. The van der Waals surface area contributed by atoms with Gasteiger partial charge in [-0.2, -0.15) is 11.3 Å². The zero-order valence-corrected chi connectivity index (χ0v) is 16.7. The molecule has 3 heterocycles. The SMILES string of the molecule is CN=C(NCc1ccsc1)N1CCC(C)C(n2ccnc2)C1.I. The van der Waals surface area contributed by atoms with E-state index in [1.807, 2.05) is 19.6 Å². The molecule has 2 aromatic rings. The van der Waals surface area contributed by atoms with Crippen LogP contribution in [0.15, 0.2) is 40.5 Å². The van der Waals surface area contributed by atoms with Gasteiger partial charge in [0.2, 0.25) is 0 Å². The Balaban J connectivity index is 0.00000192. The van der Waals surface area contributed by atoms with Crippen molar-refractivity contribution in [2.45, 2.75) is 25.9 Å². The van der Waals surface area contributed by atoms with E-state index >= 15 is 0 Å². The maximum atomic E-state index is 4.46. The molecule has 2 aromatic heterocycles. The maximum absolute atomic E-state index is 4.46. The highest BCUT2D eigenvalue weighted by Crippen LogP contribution is 2.27. The van der Waals surface area contributed by atoms with Gasteiger partial charge < -0.3 is 14.8 Å². The fourth-order valence-electron chi connectivity index (χ4n) is 3.00. The van der Waals surface area contributed by atoms with Crippen LogP contribution >= 0.6 is 35.3 Å². The highest BCUT2D eigenvalue weighted by atomic mass is 127. The van der Waals surface area contributed by atoms with Gasteiger partial charge in [0.05, 0.1) is 12.4 Å². The minimum atomic E-state index is 0. The first-order chi connectivity index (χ1) is 10.8. The molecule has 1 N–H and O–H groups in total. The number of nitrogens with one attached hydrogen (secondary N) is 1. The van der Waals surface area contributed by atoms with Crippen molar-refractivity contribution < 1.29 is 0 Å². The second kappa shape index (κ2) is 8.68. The molecule has 0 spiro atoms. The molecule has 0 bridgehead atoms. The van der Waals surface area contributed by atoms with Crippen molar-refractivity contribution in [3.05, 3.63) is 41.1 Å². The number of hydrogen-bond acceptors (Lipinski definition) is 3. The van der Waals surface area contributed by atoms with E-state index < -0.39 is 0 Å². The summed E-state index contributed by atoms with van der Waals surface area (Å²) in [6, 6.07) is 2.60. The molecular formula is C16H24IN5S. The average molecular weight is 445 g/mol. The lowest BCUT2D eigenvalue weighted by Gasteiger charge is -2.39. The summed E-state index contributed by atoms with van der Waals surface area (Å²) in [6.45, 7) is 5.18. The molecule has 5 nitrogen and oxygen atoms in total. The standard InChI is InChI=1S/C16H23N5S.HI/c1-13-3-6-20(10-15(13)21-7-5-18-12-21)16(17-2)19-9-14-4-8-22-11-14;/h4-5,7-8,11-13,15H,3,6,9-10H2,1-2H3,(H,17,19);1H. The number of thiophene rings is 1. The van der Waals surface area contributed by atoms with Crippen LogP contribution < -0.4 is 5.32 Å². The van der Waals surface area contributed by atoms with E-state index in [0.717, 1.165) is 25.6 Å². The summed E-state index contributed by atoms with van der Waals surface area (Å²) in [6.07, 6.45) is 7.01. The lowest BCUT2D eigenvalue weighted by molar-refractivity contribution is 0.189. The topological polar surface area (TPSA) is 45.5 Å². The molecule has 1 aliphatic rings. The minimum absolute atomic E-state index is 0. The fraction of sp³-hybridized carbons (Fsp3) is 0.500. The second-order valence-electron chi connectivity index (χ2n) is 5.82. The van der Waals surface area contributed by atoms with Crippen LogP contribution in [0.2, 0.25) is 0 Å². The Labute approximate surface area is 158 Å². The van der Waals surface area contributed by atoms with Crippen LogP contribution in [-0.2, 0) is 6.54 Å². The molecule has 0 aliphatic carbocycles. The summed E-state index contributed by atoms with van der Waals surface area (Å²) in [5.41, 5.74) is 1.31. The van der Waals surface area contributed by atoms with Gasteiger partial charge in [-0.15, -0.1) is 24.0 Å². The van der Waals surface area contributed by atoms with Crippen LogP contribution in [0.1, 0.15) is 24.9 Å². The molecule has 1 saturated heterocycles. The maximum Gasteiger partial charge on any atom is 0.193 e. The molecule has 0 radical (unpaired) electrons. The molecule has 126 valence electrons. The number of nitrogens with zero attached hydrogens (tertiary/aromatic N) is 4. The van der Waals surface area contributed by atoms with E-state index in [4.69, 9.17) is 0 Å². The lowest BCUT2D eigenvalue weighted by atomic mass is 9.93. The van der Waals surface area contributed by atoms with Gasteiger partial charge in [-0.05, 0) is 34.7 Å². The first-order valence-electron chi connectivity index (χ1n) is 7.72. The van der Waals surface area contributed by atoms with E-state index in [9.17, 15) is 0 Å². The van der Waals surface area contributed by atoms with Crippen molar-refractivity contribution in [3.8, 4) is 0 Å². The lowest BCUT2D eigenvalue weighted by Crippen LogP contribution is -2.48. The average Bonchev–Trinajstić information content (AvgIpc) is 3.22. The predicted molar refractivity (Wildman–Crippen MR) is 107 cm³/mol. The van der Waals surface area contributed by atoms with Crippen molar-refractivity contribution in [1.82, 2.24) is 19.8 Å². The highest BCUT2D eigenvalue weighted by molar-refractivity contribution is 14.0. The van der Waals surface area contributed by atoms with Crippen LogP contribution in [0.25, 0.3) is 0 Å². The Morgan fingerprint density at radius 1 is 1.52 bits per heavy atom. The van der Waals surface area contributed by atoms with Gasteiger partial charge in [0.15, 0.2) is 5.96 Å². The molecule has 1 fully saturated rings. The normalized spacial score (nSPS) is 21.8. The van der Waals surface area contributed by atoms with E-state index in [-0.39, 0.29) is 24.0 Å². The monoisotopic (exact) mass is 445 g/mol. The largest absolute Gasteiger partial charge is 0.352 e. The molecule has 23 heavy (non-hydrogen) atoms. The Morgan fingerprint density at radius 2 is 2.39 bits per heavy atom. The molecule has 1 aliphatic heterocycles. The van der Waals surface area contributed by atoms with Crippen LogP contribution in [-0.4, -0.2) is 40.5 Å². The van der Waals surface area contributed by atoms with Gasteiger partial charge in [-0.25, -0.2) is 4.98 Å². The summed E-state index contributed by atoms with van der Waals surface area (Å²) < 4.78 is 2.23. The minimum Gasteiger partial charge on any atom is -0.352 e. The van der Waals surface area contributed by atoms with E-state index in [0.29, 0.717) is 12.0 Å². The van der Waals surface area contributed by atoms with Crippen molar-refractivity contribution >= 4 is 41.3 Å². The molecule has 0 saturated carbocycles. The van der Waals surface area contributed by atoms with Crippen molar-refractivity contribution in [3.63, 3.8) is 0 Å². The Kier molecular flexibility index (Phi) is 6.88. The summed E-state index contributed by atoms with van der Waals surface area (Å²) in [5, 5.41) is 7.76. The number of likely N-dealkylation sites (tertiary alicyclic amines) is 1. The summed E-state index contributed by atoms with van der Waals surface area (Å²) in [4.78, 5) is 11.0. The Morgan fingerprint density at radius 3 is 3.04 bits per heavy atom. The number of halogens is 1. The van der Waals surface area contributed by atoms with E-state index in [1.54, 1.807) is 11.3 Å². The predicted octanol–water partition coefficient (Wildman–Crippen LogP) is 3.22. The third kappa shape index (κ3) is 4.47. The highest BCUT2D eigenvalue weighted by Gasteiger charge is 2.28. The Bertz CT molecular complexity index is 596. The molecule has 2 unspecified atom stereocenters. The summed E-state index contributed by atoms with van der Waals surface area (Å²) in [5.74, 6) is 1.64. The molecule has 0 amide bonds. The van der Waals surface area contributed by atoms with Crippen LogP contribution in [0.3, 0.4) is 0 Å². The number of piperidine rings is 1. The van der Waals surface area contributed by atoms with Gasteiger partial charge in [-0.1, -0.05) is 6.92 Å². The summed E-state index contributed by atoms with van der Waals surface area (Å²) >= 11 is 1.73. The molecule has 7 heteroatoms. The number of hydrogen-bond donors (Lipinski definition) is 1. The van der Waals surface area contributed by atoms with Crippen molar-refractivity contribution in [1.29, 1.82) is 0 Å². The van der Waals surface area contributed by atoms with Crippen molar-refractivity contribution in [2.24, 2.45) is 10.9 Å². The van der Waals surface area contributed by atoms with Crippen LogP contribution in [0.5, 0.6) is 0 Å². The van der Waals surface area contributed by atoms with Gasteiger partial charge >= 0.3 is 0 Å². The first-order valence-corrected chi connectivity index (χ1v) is 8.66. The Hall–Kier alpha value is -1.09. The number of rotatable bonds is 3. The zero-order valence-electron chi connectivity index (χ0n) is 13.6. The van der Waals surface area contributed by atoms with Gasteiger partial charge in [0.1, 0.15) is 0 Å². The van der Waals surface area contributed by atoms with E-state index in [2.05, 4.69) is 54.7 Å². The number of aromatic nitrogens is 2. The second-order valence-corrected chi connectivity index (χ2v) is 6.60. The molecular weight excluding hydrogens is 421 g/mol. The van der Waals surface area contributed by atoms with Crippen molar-refractivity contribution in [2.75, 3.05) is 20.1 Å². The molecule has 3 rings (SSSR count). The van der Waals surface area contributed by atoms with Crippen LogP contribution in [0, 0.1) is 5.92 Å². The quantitative estimate of drug-likeness (QED) is 0.449.